The number of hydrogen-bond donors (Lipinski definition) is 1. The third-order valence-corrected chi connectivity index (χ3v) is 6.05. The lowest BCUT2D eigenvalue weighted by Gasteiger charge is -2.21. The number of benzene rings is 1. The number of hydrogen-bond acceptors (Lipinski definition) is 5. The van der Waals surface area contributed by atoms with Gasteiger partial charge in [-0.15, -0.1) is 0 Å². The second-order valence-electron chi connectivity index (χ2n) is 8.11. The molecule has 0 saturated carbocycles. The Morgan fingerprint density at radius 3 is 2.81 bits per heavy atom. The second-order valence-corrected chi connectivity index (χ2v) is 8.11. The summed E-state index contributed by atoms with van der Waals surface area (Å²) in [4.78, 5) is 14.8. The number of methoxy groups -OCH3 is 1. The van der Waals surface area contributed by atoms with Gasteiger partial charge in [0, 0.05) is 18.8 Å². The molecule has 1 saturated heterocycles. The topological polar surface area (TPSA) is 79.5 Å². The van der Waals surface area contributed by atoms with Gasteiger partial charge in [-0.1, -0.05) is 13.0 Å². The van der Waals surface area contributed by atoms with Gasteiger partial charge in [0.05, 0.1) is 31.9 Å². The molecule has 32 heavy (non-hydrogen) atoms. The lowest BCUT2D eigenvalue weighted by molar-refractivity contribution is -0.117. The zero-order chi connectivity index (χ0) is 23.3. The molecule has 0 spiro atoms. The third-order valence-electron chi connectivity index (χ3n) is 6.05. The number of amides is 1. The summed E-state index contributed by atoms with van der Waals surface area (Å²) in [6.07, 6.45) is 2.07. The van der Waals surface area contributed by atoms with E-state index in [0.717, 1.165) is 36.3 Å². The van der Waals surface area contributed by atoms with Crippen molar-refractivity contribution in [2.24, 2.45) is 0 Å². The van der Waals surface area contributed by atoms with Crippen molar-refractivity contribution in [3.63, 3.8) is 0 Å². The Morgan fingerprint density at radius 2 is 2.22 bits per heavy atom. The lowest BCUT2D eigenvalue weighted by Crippen LogP contribution is -2.33. The normalized spacial score (nSPS) is 15.7. The molecule has 1 unspecified atom stereocenters. The summed E-state index contributed by atoms with van der Waals surface area (Å²) in [5.41, 5.74) is 3.05. The number of aromatic nitrogens is 1. The van der Waals surface area contributed by atoms with Gasteiger partial charge in [-0.3, -0.25) is 9.69 Å². The van der Waals surface area contributed by atoms with Crippen molar-refractivity contribution < 1.29 is 18.7 Å². The maximum absolute atomic E-state index is 14.0. The Hall–Kier alpha value is -2.89. The molecule has 1 N–H and O–H groups in total. The van der Waals surface area contributed by atoms with Crippen LogP contribution in [0.5, 0.6) is 5.75 Å². The molecule has 1 amide bonds. The van der Waals surface area contributed by atoms with E-state index in [0.29, 0.717) is 31.0 Å². The molecule has 1 aliphatic rings. The van der Waals surface area contributed by atoms with E-state index in [-0.39, 0.29) is 24.3 Å². The first kappa shape index (κ1) is 23.8. The summed E-state index contributed by atoms with van der Waals surface area (Å²) in [5.74, 6) is 0.0661. The number of anilines is 1. The van der Waals surface area contributed by atoms with Crippen LogP contribution in [0.1, 0.15) is 42.1 Å². The molecule has 8 heteroatoms. The highest BCUT2D eigenvalue weighted by molar-refractivity contribution is 5.93. The van der Waals surface area contributed by atoms with Crippen LogP contribution in [0.4, 0.5) is 10.2 Å². The monoisotopic (exact) mass is 442 g/mol. The summed E-state index contributed by atoms with van der Waals surface area (Å²) in [5, 5.41) is 12.7. The lowest BCUT2D eigenvalue weighted by atomic mass is 10.2. The van der Waals surface area contributed by atoms with Crippen LogP contribution < -0.4 is 10.1 Å². The molecule has 7 nitrogen and oxygen atoms in total. The maximum atomic E-state index is 14.0. The van der Waals surface area contributed by atoms with E-state index in [1.54, 1.807) is 12.1 Å². The van der Waals surface area contributed by atoms with E-state index in [2.05, 4.69) is 11.4 Å². The van der Waals surface area contributed by atoms with E-state index >= 15 is 0 Å². The highest BCUT2D eigenvalue weighted by atomic mass is 19.1. The van der Waals surface area contributed by atoms with Crippen LogP contribution >= 0.6 is 0 Å². The van der Waals surface area contributed by atoms with Gasteiger partial charge in [0.2, 0.25) is 5.91 Å². The van der Waals surface area contributed by atoms with E-state index < -0.39 is 5.82 Å². The Morgan fingerprint density at radius 1 is 1.44 bits per heavy atom. The predicted octanol–water partition coefficient (Wildman–Crippen LogP) is 3.76. The molecule has 1 fully saturated rings. The SMILES string of the molecule is CCN(CC(=O)Nc1c(C#N)c(C)c(C)n1CC1CCCO1)Cc1ccc(OC)c(F)c1. The van der Waals surface area contributed by atoms with Gasteiger partial charge in [-0.05, 0) is 56.5 Å². The fraction of sp³-hybridized carbons (Fsp3) is 0.500. The fourth-order valence-corrected chi connectivity index (χ4v) is 4.07. The van der Waals surface area contributed by atoms with Crippen LogP contribution in [0.15, 0.2) is 18.2 Å². The van der Waals surface area contributed by atoms with Gasteiger partial charge in [0.15, 0.2) is 11.6 Å². The van der Waals surface area contributed by atoms with Gasteiger partial charge in [0.1, 0.15) is 11.9 Å². The Kier molecular flexibility index (Phi) is 7.89. The first-order valence-electron chi connectivity index (χ1n) is 10.9. The average Bonchev–Trinajstić information content (AvgIpc) is 3.36. The molecule has 1 aromatic heterocycles. The first-order valence-corrected chi connectivity index (χ1v) is 10.9. The van der Waals surface area contributed by atoms with Crippen molar-refractivity contribution in [3.05, 3.63) is 46.4 Å². The van der Waals surface area contributed by atoms with Crippen LogP contribution in [0.25, 0.3) is 0 Å². The molecule has 3 rings (SSSR count). The quantitative estimate of drug-likeness (QED) is 0.640. The van der Waals surface area contributed by atoms with E-state index in [4.69, 9.17) is 9.47 Å². The summed E-state index contributed by atoms with van der Waals surface area (Å²) in [7, 11) is 1.42. The first-order chi connectivity index (χ1) is 15.4. The highest BCUT2D eigenvalue weighted by Crippen LogP contribution is 2.28. The average molecular weight is 443 g/mol. The number of likely N-dealkylation sites (N-methyl/N-ethyl adjacent to an activating group) is 1. The minimum absolute atomic E-state index is 0.0832. The zero-order valence-corrected chi connectivity index (χ0v) is 19.2. The Bertz CT molecular complexity index is 1010. The number of nitrogens with one attached hydrogen (secondary N) is 1. The van der Waals surface area contributed by atoms with Gasteiger partial charge in [-0.25, -0.2) is 4.39 Å². The van der Waals surface area contributed by atoms with Crippen molar-refractivity contribution in [2.45, 2.75) is 52.8 Å². The van der Waals surface area contributed by atoms with Gasteiger partial charge in [-0.2, -0.15) is 5.26 Å². The molecule has 1 aliphatic heterocycles. The zero-order valence-electron chi connectivity index (χ0n) is 19.2. The Labute approximate surface area is 188 Å². The maximum Gasteiger partial charge on any atom is 0.239 e. The Balaban J connectivity index is 1.73. The molecule has 1 atom stereocenters. The van der Waals surface area contributed by atoms with Crippen LogP contribution in [0.2, 0.25) is 0 Å². The van der Waals surface area contributed by atoms with Crippen molar-refractivity contribution in [1.82, 2.24) is 9.47 Å². The van der Waals surface area contributed by atoms with E-state index in [1.165, 1.54) is 13.2 Å². The third kappa shape index (κ3) is 5.29. The molecular formula is C24H31FN4O3. The van der Waals surface area contributed by atoms with Crippen LogP contribution in [-0.2, 0) is 22.6 Å². The van der Waals surface area contributed by atoms with Gasteiger partial charge >= 0.3 is 0 Å². The number of nitriles is 1. The van der Waals surface area contributed by atoms with E-state index in [9.17, 15) is 14.4 Å². The number of carbonyl (C=O) groups is 1. The smallest absolute Gasteiger partial charge is 0.239 e. The number of rotatable bonds is 9. The van der Waals surface area contributed by atoms with Gasteiger partial charge in [0.25, 0.3) is 0 Å². The standard InChI is InChI=1S/C24H31FN4O3/c1-5-28(13-18-8-9-22(31-4)21(25)11-18)15-23(30)27-24-20(12-26)16(2)17(3)29(24)14-19-7-6-10-32-19/h8-9,11,19H,5-7,10,13-15H2,1-4H3,(H,27,30). The van der Waals surface area contributed by atoms with Crippen LogP contribution in [-0.4, -0.2) is 48.3 Å². The molecule has 0 aliphatic carbocycles. The van der Waals surface area contributed by atoms with Crippen LogP contribution in [0.3, 0.4) is 0 Å². The predicted molar refractivity (Wildman–Crippen MR) is 120 cm³/mol. The largest absolute Gasteiger partial charge is 0.494 e. The summed E-state index contributed by atoms with van der Waals surface area (Å²) >= 11 is 0. The molecule has 2 heterocycles. The molecular weight excluding hydrogens is 411 g/mol. The summed E-state index contributed by atoms with van der Waals surface area (Å²) in [6, 6.07) is 7.03. The number of nitrogens with zero attached hydrogens (tertiary/aromatic N) is 3. The second kappa shape index (κ2) is 10.6. The minimum atomic E-state index is -0.429. The summed E-state index contributed by atoms with van der Waals surface area (Å²) < 4.78 is 26.7. The molecule has 1 aromatic carbocycles. The fourth-order valence-electron chi connectivity index (χ4n) is 4.07. The number of ether oxygens (including phenoxy) is 2. The number of halogens is 1. The number of carbonyl (C=O) groups excluding carboxylic acids is 1. The molecule has 0 bridgehead atoms. The van der Waals surface area contributed by atoms with Crippen molar-refractivity contribution in [2.75, 3.05) is 32.1 Å². The van der Waals surface area contributed by atoms with Crippen molar-refractivity contribution in [1.29, 1.82) is 5.26 Å². The molecule has 2 aromatic rings. The van der Waals surface area contributed by atoms with E-state index in [1.807, 2.05) is 30.2 Å². The van der Waals surface area contributed by atoms with Crippen LogP contribution in [0, 0.1) is 31.0 Å². The molecule has 0 radical (unpaired) electrons. The van der Waals surface area contributed by atoms with Gasteiger partial charge < -0.3 is 19.4 Å². The highest BCUT2D eigenvalue weighted by Gasteiger charge is 2.24. The van der Waals surface area contributed by atoms with Crippen molar-refractivity contribution in [3.8, 4) is 11.8 Å². The molecule has 172 valence electrons. The summed E-state index contributed by atoms with van der Waals surface area (Å²) in [6.45, 7) is 8.30. The minimum Gasteiger partial charge on any atom is -0.494 e. The van der Waals surface area contributed by atoms with Crippen molar-refractivity contribution >= 4 is 11.7 Å².